The van der Waals surface area contributed by atoms with Crippen LogP contribution < -0.4 is 11.1 Å². The molecule has 0 atom stereocenters. The van der Waals surface area contributed by atoms with E-state index < -0.39 is 0 Å². The summed E-state index contributed by atoms with van der Waals surface area (Å²) in [5.74, 6) is 0.0979. The third-order valence-corrected chi connectivity index (χ3v) is 1.28. The summed E-state index contributed by atoms with van der Waals surface area (Å²) >= 11 is 0. The van der Waals surface area contributed by atoms with E-state index in [0.29, 0.717) is 13.0 Å². The van der Waals surface area contributed by atoms with Gasteiger partial charge in [-0.2, -0.15) is 0 Å². The van der Waals surface area contributed by atoms with Gasteiger partial charge in [0.05, 0.1) is 5.84 Å². The van der Waals surface area contributed by atoms with E-state index in [2.05, 4.69) is 5.32 Å². The van der Waals surface area contributed by atoms with Gasteiger partial charge in [-0.05, 0) is 0 Å². The summed E-state index contributed by atoms with van der Waals surface area (Å²) in [6.07, 6.45) is 0.421. The topological polar surface area (TPSA) is 82.2 Å². The molecule has 5 nitrogen and oxygen atoms in total. The number of carbonyl (C=O) groups is 1. The highest BCUT2D eigenvalue weighted by Gasteiger charge is 2.04. The van der Waals surface area contributed by atoms with Crippen molar-refractivity contribution in [3.63, 3.8) is 0 Å². The van der Waals surface area contributed by atoms with Crippen LogP contribution >= 0.6 is 0 Å². The third kappa shape index (κ3) is 4.19. The zero-order chi connectivity index (χ0) is 8.85. The zero-order valence-electron chi connectivity index (χ0n) is 6.85. The third-order valence-electron chi connectivity index (χ3n) is 1.28. The summed E-state index contributed by atoms with van der Waals surface area (Å²) in [5, 5.41) is 9.37. The van der Waals surface area contributed by atoms with Crippen molar-refractivity contribution >= 4 is 11.9 Å². The molecular formula is C6H14N4O. The first kappa shape index (κ1) is 9.74. The number of amidine groups is 1. The Morgan fingerprint density at radius 1 is 1.73 bits per heavy atom. The van der Waals surface area contributed by atoms with Crippen molar-refractivity contribution < 1.29 is 4.79 Å². The molecule has 0 rings (SSSR count). The van der Waals surface area contributed by atoms with Gasteiger partial charge in [-0.15, -0.1) is 0 Å². The van der Waals surface area contributed by atoms with E-state index in [1.807, 2.05) is 0 Å². The quantitative estimate of drug-likeness (QED) is 0.385. The average Bonchev–Trinajstić information content (AvgIpc) is 1.98. The maximum Gasteiger partial charge on any atom is 0.316 e. The average molecular weight is 158 g/mol. The highest BCUT2D eigenvalue weighted by atomic mass is 16.2. The summed E-state index contributed by atoms with van der Waals surface area (Å²) in [6.45, 7) is 0.481. The highest BCUT2D eigenvalue weighted by Crippen LogP contribution is 1.86. The van der Waals surface area contributed by atoms with Crippen molar-refractivity contribution in [1.82, 2.24) is 10.2 Å². The molecule has 0 unspecified atom stereocenters. The number of nitrogens with one attached hydrogen (secondary N) is 2. The number of amides is 2. The standard InChI is InChI=1S/C6H14N4O/c1-9-6(11)10(2)4-3-5(7)8/h3-4H2,1-2H3,(H3,7,8)(H,9,11). The predicted octanol–water partition coefficient (Wildman–Crippen LogP) is -0.416. The van der Waals surface area contributed by atoms with E-state index in [4.69, 9.17) is 11.1 Å². The van der Waals surface area contributed by atoms with Gasteiger partial charge in [0.25, 0.3) is 0 Å². The Bertz CT molecular complexity index is 157. The molecule has 0 saturated heterocycles. The Balaban J connectivity index is 3.60. The Morgan fingerprint density at radius 3 is 2.64 bits per heavy atom. The molecule has 4 N–H and O–H groups in total. The molecule has 2 amide bonds. The largest absolute Gasteiger partial charge is 0.388 e. The first-order valence-corrected chi connectivity index (χ1v) is 3.33. The Morgan fingerprint density at radius 2 is 2.27 bits per heavy atom. The van der Waals surface area contributed by atoms with Crippen LogP contribution in [0.1, 0.15) is 6.42 Å². The second-order valence-electron chi connectivity index (χ2n) is 2.25. The van der Waals surface area contributed by atoms with E-state index in [9.17, 15) is 4.79 Å². The fourth-order valence-corrected chi connectivity index (χ4v) is 0.581. The normalized spacial score (nSPS) is 8.91. The summed E-state index contributed by atoms with van der Waals surface area (Å²) < 4.78 is 0. The molecule has 0 radical (unpaired) electrons. The van der Waals surface area contributed by atoms with Crippen LogP contribution in [0.3, 0.4) is 0 Å². The molecule has 0 aromatic heterocycles. The SMILES string of the molecule is CNC(=O)N(C)CCC(=N)N. The first-order valence-electron chi connectivity index (χ1n) is 3.33. The van der Waals surface area contributed by atoms with E-state index in [0.717, 1.165) is 0 Å². The van der Waals surface area contributed by atoms with Gasteiger partial charge in [-0.1, -0.05) is 0 Å². The summed E-state index contributed by atoms with van der Waals surface area (Å²) in [6, 6.07) is -0.161. The van der Waals surface area contributed by atoms with Crippen LogP contribution in [-0.4, -0.2) is 37.4 Å². The lowest BCUT2D eigenvalue weighted by Crippen LogP contribution is -2.36. The van der Waals surface area contributed by atoms with Crippen LogP contribution in [0.15, 0.2) is 0 Å². The predicted molar refractivity (Wildman–Crippen MR) is 43.6 cm³/mol. The fraction of sp³-hybridized carbons (Fsp3) is 0.667. The molecule has 0 aliphatic rings. The molecule has 0 aliphatic carbocycles. The minimum atomic E-state index is -0.161. The molecule has 0 aliphatic heterocycles. The van der Waals surface area contributed by atoms with Crippen LogP contribution in [-0.2, 0) is 0 Å². The fourth-order valence-electron chi connectivity index (χ4n) is 0.581. The molecule has 0 aromatic rings. The van der Waals surface area contributed by atoms with Crippen molar-refractivity contribution in [3.05, 3.63) is 0 Å². The van der Waals surface area contributed by atoms with Crippen molar-refractivity contribution in [3.8, 4) is 0 Å². The van der Waals surface area contributed by atoms with E-state index in [-0.39, 0.29) is 11.9 Å². The Labute approximate surface area is 66.1 Å². The Kier molecular flexibility index (Phi) is 4.02. The van der Waals surface area contributed by atoms with Gasteiger partial charge >= 0.3 is 6.03 Å². The second-order valence-corrected chi connectivity index (χ2v) is 2.25. The summed E-state index contributed by atoms with van der Waals surface area (Å²) in [7, 11) is 3.22. The molecule has 0 aromatic carbocycles. The molecule has 0 saturated carbocycles. The van der Waals surface area contributed by atoms with Gasteiger partial charge in [-0.25, -0.2) is 4.79 Å². The first-order chi connectivity index (χ1) is 5.07. The molecule has 5 heteroatoms. The van der Waals surface area contributed by atoms with Gasteiger partial charge in [-0.3, -0.25) is 5.41 Å². The number of urea groups is 1. The summed E-state index contributed by atoms with van der Waals surface area (Å²) in [4.78, 5) is 12.3. The molecule has 0 heterocycles. The van der Waals surface area contributed by atoms with Crippen molar-refractivity contribution in [2.45, 2.75) is 6.42 Å². The maximum atomic E-state index is 10.8. The smallest absolute Gasteiger partial charge is 0.316 e. The van der Waals surface area contributed by atoms with Crippen molar-refractivity contribution in [1.29, 1.82) is 5.41 Å². The molecular weight excluding hydrogens is 144 g/mol. The highest BCUT2D eigenvalue weighted by molar-refractivity contribution is 5.78. The maximum absolute atomic E-state index is 10.8. The molecule has 11 heavy (non-hydrogen) atoms. The van der Waals surface area contributed by atoms with Crippen LogP contribution in [0.4, 0.5) is 4.79 Å². The van der Waals surface area contributed by atoms with Crippen LogP contribution in [0.2, 0.25) is 0 Å². The number of hydrogen-bond donors (Lipinski definition) is 3. The number of rotatable bonds is 3. The van der Waals surface area contributed by atoms with Crippen LogP contribution in [0.5, 0.6) is 0 Å². The van der Waals surface area contributed by atoms with Gasteiger partial charge in [0.1, 0.15) is 0 Å². The lowest BCUT2D eigenvalue weighted by Gasteiger charge is -2.15. The van der Waals surface area contributed by atoms with Gasteiger partial charge < -0.3 is 16.0 Å². The van der Waals surface area contributed by atoms with E-state index >= 15 is 0 Å². The van der Waals surface area contributed by atoms with Gasteiger partial charge in [0.15, 0.2) is 0 Å². The molecule has 0 fully saturated rings. The zero-order valence-corrected chi connectivity index (χ0v) is 6.85. The van der Waals surface area contributed by atoms with E-state index in [1.165, 1.54) is 4.90 Å². The monoisotopic (exact) mass is 158 g/mol. The molecule has 64 valence electrons. The lowest BCUT2D eigenvalue weighted by molar-refractivity contribution is 0.212. The lowest BCUT2D eigenvalue weighted by atomic mass is 10.4. The van der Waals surface area contributed by atoms with E-state index in [1.54, 1.807) is 14.1 Å². The number of carbonyl (C=O) groups excluding carboxylic acids is 1. The minimum Gasteiger partial charge on any atom is -0.388 e. The van der Waals surface area contributed by atoms with Crippen LogP contribution in [0.25, 0.3) is 0 Å². The number of hydrogen-bond acceptors (Lipinski definition) is 2. The van der Waals surface area contributed by atoms with Crippen molar-refractivity contribution in [2.24, 2.45) is 5.73 Å². The summed E-state index contributed by atoms with van der Waals surface area (Å²) in [5.41, 5.74) is 5.11. The minimum absolute atomic E-state index is 0.0979. The van der Waals surface area contributed by atoms with Crippen molar-refractivity contribution in [2.75, 3.05) is 20.6 Å². The second kappa shape index (κ2) is 4.54. The number of nitrogens with zero attached hydrogens (tertiary/aromatic N) is 1. The van der Waals surface area contributed by atoms with Gasteiger partial charge in [0, 0.05) is 27.1 Å². The van der Waals surface area contributed by atoms with Crippen LogP contribution in [0, 0.1) is 5.41 Å². The Hall–Kier alpha value is -1.26. The van der Waals surface area contributed by atoms with Gasteiger partial charge in [0.2, 0.25) is 0 Å². The molecule has 0 bridgehead atoms. The number of nitrogens with two attached hydrogens (primary N) is 1. The molecule has 0 spiro atoms.